The van der Waals surface area contributed by atoms with Gasteiger partial charge in [0.05, 0.1) is 5.69 Å². The van der Waals surface area contributed by atoms with Crippen molar-refractivity contribution in [1.82, 2.24) is 14.9 Å². The molecule has 124 valence electrons. The number of rotatable bonds is 3. The zero-order valence-corrected chi connectivity index (χ0v) is 14.8. The van der Waals surface area contributed by atoms with E-state index in [1.165, 1.54) is 49.1 Å². The summed E-state index contributed by atoms with van der Waals surface area (Å²) in [5.41, 5.74) is 2.80. The van der Waals surface area contributed by atoms with Crippen LogP contribution < -0.4 is 5.32 Å². The largest absolute Gasteiger partial charge is 0.348 e. The molecule has 0 unspecified atom stereocenters. The number of thiazole rings is 1. The van der Waals surface area contributed by atoms with E-state index in [0.29, 0.717) is 11.7 Å². The fraction of sp³-hybridized carbons (Fsp3) is 0.556. The van der Waals surface area contributed by atoms with E-state index in [9.17, 15) is 4.79 Å². The molecule has 0 saturated heterocycles. The minimum Gasteiger partial charge on any atom is -0.348 e. The van der Waals surface area contributed by atoms with Gasteiger partial charge < -0.3 is 9.88 Å². The van der Waals surface area contributed by atoms with Crippen molar-refractivity contribution in [2.24, 2.45) is 7.05 Å². The van der Waals surface area contributed by atoms with E-state index in [1.807, 2.05) is 12.4 Å². The summed E-state index contributed by atoms with van der Waals surface area (Å²) in [7, 11) is 2.03. The molecule has 0 aromatic carbocycles. The molecule has 5 heteroatoms. The molecule has 0 bridgehead atoms. The lowest BCUT2D eigenvalue weighted by atomic mass is 9.97. The highest BCUT2D eigenvalue weighted by molar-refractivity contribution is 7.13. The lowest BCUT2D eigenvalue weighted by molar-refractivity contribution is 0.0926. The van der Waals surface area contributed by atoms with Crippen molar-refractivity contribution < 1.29 is 4.79 Å². The summed E-state index contributed by atoms with van der Waals surface area (Å²) in [5.74, 6) is -0.0241. The molecule has 0 aliphatic heterocycles. The van der Waals surface area contributed by atoms with Crippen LogP contribution in [0.4, 0.5) is 0 Å². The van der Waals surface area contributed by atoms with Crippen molar-refractivity contribution >= 4 is 17.2 Å². The third kappa shape index (κ3) is 3.83. The molecule has 0 spiro atoms. The van der Waals surface area contributed by atoms with Crippen LogP contribution in [0.5, 0.6) is 0 Å². The summed E-state index contributed by atoms with van der Waals surface area (Å²) >= 11 is 1.54. The third-order valence-electron chi connectivity index (χ3n) is 4.77. The number of carbonyl (C=O) groups is 1. The van der Waals surface area contributed by atoms with Crippen LogP contribution in [0.15, 0.2) is 17.5 Å². The lowest BCUT2D eigenvalue weighted by Crippen LogP contribution is -2.35. The molecule has 1 fully saturated rings. The molecule has 3 rings (SSSR count). The van der Waals surface area contributed by atoms with Crippen LogP contribution in [0.3, 0.4) is 0 Å². The maximum absolute atomic E-state index is 12.5. The fourth-order valence-corrected chi connectivity index (χ4v) is 4.04. The lowest BCUT2D eigenvalue weighted by Gasteiger charge is -2.20. The Kier molecular flexibility index (Phi) is 5.16. The standard InChI is InChI=1S/C18H25N3OS/c1-13-10-11-16(21(13)2)18-20-15(12-23-18)17(22)19-14-8-6-4-3-5-7-9-14/h10-12,14H,3-9H2,1-2H3,(H,19,22). The van der Waals surface area contributed by atoms with Crippen LogP contribution >= 0.6 is 11.3 Å². The maximum Gasteiger partial charge on any atom is 0.270 e. The van der Waals surface area contributed by atoms with Crippen LogP contribution in [0.25, 0.3) is 10.7 Å². The second kappa shape index (κ2) is 7.30. The number of nitrogens with one attached hydrogen (secondary N) is 1. The van der Waals surface area contributed by atoms with Gasteiger partial charge in [0.1, 0.15) is 10.7 Å². The Bertz CT molecular complexity index is 666. The Hall–Kier alpha value is -1.62. The average molecular weight is 331 g/mol. The molecule has 1 N–H and O–H groups in total. The molecular weight excluding hydrogens is 306 g/mol. The Morgan fingerprint density at radius 2 is 1.91 bits per heavy atom. The molecule has 0 atom stereocenters. The van der Waals surface area contributed by atoms with Crippen molar-refractivity contribution in [1.29, 1.82) is 0 Å². The van der Waals surface area contributed by atoms with Crippen LogP contribution in [-0.2, 0) is 7.05 Å². The number of aromatic nitrogens is 2. The predicted octanol–water partition coefficient (Wildman–Crippen LogP) is 4.30. The summed E-state index contributed by atoms with van der Waals surface area (Å²) in [6, 6.07) is 4.44. The second-order valence-electron chi connectivity index (χ2n) is 6.47. The van der Waals surface area contributed by atoms with Gasteiger partial charge in [0, 0.05) is 24.2 Å². The quantitative estimate of drug-likeness (QED) is 0.911. The molecule has 2 heterocycles. The van der Waals surface area contributed by atoms with Crippen molar-refractivity contribution in [2.75, 3.05) is 0 Å². The van der Waals surface area contributed by atoms with Crippen molar-refractivity contribution in [3.05, 3.63) is 28.9 Å². The van der Waals surface area contributed by atoms with E-state index in [2.05, 4.69) is 33.9 Å². The van der Waals surface area contributed by atoms with Crippen LogP contribution in [0, 0.1) is 6.92 Å². The maximum atomic E-state index is 12.5. The minimum absolute atomic E-state index is 0.0241. The molecule has 1 aliphatic rings. The number of aryl methyl sites for hydroxylation is 1. The van der Waals surface area contributed by atoms with Gasteiger partial charge in [-0.25, -0.2) is 4.98 Å². The van der Waals surface area contributed by atoms with Crippen LogP contribution in [0.1, 0.15) is 61.1 Å². The zero-order chi connectivity index (χ0) is 16.2. The van der Waals surface area contributed by atoms with E-state index in [4.69, 9.17) is 0 Å². The Morgan fingerprint density at radius 1 is 1.22 bits per heavy atom. The van der Waals surface area contributed by atoms with Gasteiger partial charge >= 0.3 is 0 Å². The van der Waals surface area contributed by atoms with Crippen molar-refractivity contribution in [3.63, 3.8) is 0 Å². The average Bonchev–Trinajstić information content (AvgIpc) is 3.10. The molecular formula is C18H25N3OS. The first-order valence-electron chi connectivity index (χ1n) is 8.54. The summed E-state index contributed by atoms with van der Waals surface area (Å²) in [6.07, 6.45) is 8.55. The van der Waals surface area contributed by atoms with Gasteiger partial charge in [-0.2, -0.15) is 0 Å². The predicted molar refractivity (Wildman–Crippen MR) is 94.8 cm³/mol. The molecule has 2 aromatic rings. The van der Waals surface area contributed by atoms with Gasteiger partial charge in [0.2, 0.25) is 0 Å². The fourth-order valence-electron chi connectivity index (χ4n) is 3.18. The highest BCUT2D eigenvalue weighted by Crippen LogP contribution is 2.25. The normalized spacial score (nSPS) is 16.8. The Labute approximate surface area is 141 Å². The van der Waals surface area contributed by atoms with Gasteiger partial charge in [0.25, 0.3) is 5.91 Å². The van der Waals surface area contributed by atoms with E-state index < -0.39 is 0 Å². The number of hydrogen-bond acceptors (Lipinski definition) is 3. The van der Waals surface area contributed by atoms with E-state index in [-0.39, 0.29) is 5.91 Å². The third-order valence-corrected chi connectivity index (χ3v) is 5.63. The van der Waals surface area contributed by atoms with Crippen molar-refractivity contribution in [3.8, 4) is 10.7 Å². The Balaban J connectivity index is 1.67. The first-order valence-corrected chi connectivity index (χ1v) is 9.42. The number of carbonyl (C=O) groups excluding carboxylic acids is 1. The van der Waals surface area contributed by atoms with Gasteiger partial charge in [-0.15, -0.1) is 11.3 Å². The van der Waals surface area contributed by atoms with E-state index in [1.54, 1.807) is 0 Å². The van der Waals surface area contributed by atoms with E-state index >= 15 is 0 Å². The molecule has 1 saturated carbocycles. The zero-order valence-electron chi connectivity index (χ0n) is 14.0. The Morgan fingerprint density at radius 3 is 2.57 bits per heavy atom. The van der Waals surface area contributed by atoms with Gasteiger partial charge in [0.15, 0.2) is 0 Å². The molecule has 1 amide bonds. The molecule has 4 nitrogen and oxygen atoms in total. The second-order valence-corrected chi connectivity index (χ2v) is 7.33. The topological polar surface area (TPSA) is 46.9 Å². The summed E-state index contributed by atoms with van der Waals surface area (Å²) < 4.78 is 2.11. The minimum atomic E-state index is -0.0241. The van der Waals surface area contributed by atoms with Gasteiger partial charge in [-0.1, -0.05) is 32.1 Å². The van der Waals surface area contributed by atoms with Crippen LogP contribution in [-0.4, -0.2) is 21.5 Å². The number of amides is 1. The molecule has 1 aliphatic carbocycles. The van der Waals surface area contributed by atoms with Crippen LogP contribution in [0.2, 0.25) is 0 Å². The molecule has 23 heavy (non-hydrogen) atoms. The molecule has 2 aromatic heterocycles. The first-order chi connectivity index (χ1) is 11.1. The van der Waals surface area contributed by atoms with Crippen molar-refractivity contribution in [2.45, 2.75) is 57.9 Å². The summed E-state index contributed by atoms with van der Waals surface area (Å²) in [5, 5.41) is 5.96. The summed E-state index contributed by atoms with van der Waals surface area (Å²) in [6.45, 7) is 2.07. The highest BCUT2D eigenvalue weighted by Gasteiger charge is 2.18. The van der Waals surface area contributed by atoms with Gasteiger partial charge in [-0.05, 0) is 31.9 Å². The monoisotopic (exact) mass is 331 g/mol. The van der Waals surface area contributed by atoms with E-state index in [0.717, 1.165) is 23.5 Å². The number of hydrogen-bond donors (Lipinski definition) is 1. The SMILES string of the molecule is Cc1ccc(-c2nc(C(=O)NC3CCCCCCC3)cs2)n1C. The first kappa shape index (κ1) is 16.2. The smallest absolute Gasteiger partial charge is 0.270 e. The number of nitrogens with zero attached hydrogens (tertiary/aromatic N) is 2. The van der Waals surface area contributed by atoms with Gasteiger partial charge in [-0.3, -0.25) is 4.79 Å². The summed E-state index contributed by atoms with van der Waals surface area (Å²) in [4.78, 5) is 17.0. The molecule has 0 radical (unpaired) electrons. The highest BCUT2D eigenvalue weighted by atomic mass is 32.1.